The molecule has 0 atom stereocenters. The zero-order valence-electron chi connectivity index (χ0n) is 10.1. The minimum absolute atomic E-state index is 0.112. The zero-order chi connectivity index (χ0) is 13.0. The number of thiophene rings is 1. The predicted molar refractivity (Wildman–Crippen MR) is 75.7 cm³/mol. The van der Waals surface area contributed by atoms with Crippen LogP contribution < -0.4 is 5.32 Å². The standard InChI is InChI=1S/C15H13NOS/c1-3-9-16-15(17)14-13(8-10-18-14)12-6-4-11(2)5-7-12/h1,4-8,10H,9H2,2H3,(H,16,17). The van der Waals surface area contributed by atoms with Crippen LogP contribution in [0.3, 0.4) is 0 Å². The molecule has 0 fully saturated rings. The number of hydrogen-bond acceptors (Lipinski definition) is 2. The second-order valence-corrected chi connectivity index (χ2v) is 4.83. The normalized spacial score (nSPS) is 9.78. The highest BCUT2D eigenvalue weighted by Crippen LogP contribution is 2.28. The lowest BCUT2D eigenvalue weighted by molar-refractivity contribution is 0.0963. The summed E-state index contributed by atoms with van der Waals surface area (Å²) >= 11 is 1.43. The molecule has 1 N–H and O–H groups in total. The summed E-state index contributed by atoms with van der Waals surface area (Å²) in [5.74, 6) is 2.29. The fraction of sp³-hybridized carbons (Fsp3) is 0.133. The van der Waals surface area contributed by atoms with Crippen molar-refractivity contribution in [3.8, 4) is 23.5 Å². The molecule has 0 aliphatic carbocycles. The molecule has 2 aromatic rings. The van der Waals surface area contributed by atoms with Crippen LogP contribution in [0.5, 0.6) is 0 Å². The summed E-state index contributed by atoms with van der Waals surface area (Å²) < 4.78 is 0. The average molecular weight is 255 g/mol. The smallest absolute Gasteiger partial charge is 0.262 e. The molecule has 0 unspecified atom stereocenters. The molecule has 1 aromatic heterocycles. The molecule has 2 rings (SSSR count). The molecule has 18 heavy (non-hydrogen) atoms. The second-order valence-electron chi connectivity index (χ2n) is 3.92. The summed E-state index contributed by atoms with van der Waals surface area (Å²) in [5.41, 5.74) is 3.20. The van der Waals surface area contributed by atoms with Crippen LogP contribution in [0.2, 0.25) is 0 Å². The summed E-state index contributed by atoms with van der Waals surface area (Å²) in [4.78, 5) is 12.6. The van der Waals surface area contributed by atoms with Gasteiger partial charge in [-0.3, -0.25) is 4.79 Å². The minimum Gasteiger partial charge on any atom is -0.340 e. The Morgan fingerprint density at radius 1 is 1.33 bits per heavy atom. The summed E-state index contributed by atoms with van der Waals surface area (Å²) in [6, 6.07) is 10.1. The largest absolute Gasteiger partial charge is 0.340 e. The Morgan fingerprint density at radius 3 is 2.72 bits per heavy atom. The van der Waals surface area contributed by atoms with Crippen molar-refractivity contribution in [2.45, 2.75) is 6.92 Å². The fourth-order valence-corrected chi connectivity index (χ4v) is 2.49. The van der Waals surface area contributed by atoms with Gasteiger partial charge in [-0.1, -0.05) is 35.7 Å². The van der Waals surface area contributed by atoms with Crippen molar-refractivity contribution in [2.75, 3.05) is 6.54 Å². The number of aryl methyl sites for hydroxylation is 1. The van der Waals surface area contributed by atoms with Crippen molar-refractivity contribution in [3.63, 3.8) is 0 Å². The molecule has 0 saturated carbocycles. The molecule has 3 heteroatoms. The topological polar surface area (TPSA) is 29.1 Å². The molecule has 1 heterocycles. The van der Waals surface area contributed by atoms with Gasteiger partial charge in [0.05, 0.1) is 11.4 Å². The summed E-state index contributed by atoms with van der Waals surface area (Å²) in [7, 11) is 0. The zero-order valence-corrected chi connectivity index (χ0v) is 10.9. The first-order valence-corrected chi connectivity index (χ1v) is 6.46. The van der Waals surface area contributed by atoms with Gasteiger partial charge in [-0.25, -0.2) is 0 Å². The van der Waals surface area contributed by atoms with Crippen LogP contribution in [-0.2, 0) is 0 Å². The van der Waals surface area contributed by atoms with Gasteiger partial charge in [0.25, 0.3) is 5.91 Å². The van der Waals surface area contributed by atoms with Crippen LogP contribution >= 0.6 is 11.3 Å². The maximum absolute atomic E-state index is 11.9. The second kappa shape index (κ2) is 5.52. The number of hydrogen-bond donors (Lipinski definition) is 1. The molecule has 2 nitrogen and oxygen atoms in total. The Kier molecular flexibility index (Phi) is 3.81. The molecule has 0 aliphatic rings. The minimum atomic E-state index is -0.112. The molecular weight excluding hydrogens is 242 g/mol. The first-order chi connectivity index (χ1) is 8.72. The van der Waals surface area contributed by atoms with Gasteiger partial charge in [-0.2, -0.15) is 0 Å². The van der Waals surface area contributed by atoms with Gasteiger partial charge in [0.15, 0.2) is 0 Å². The van der Waals surface area contributed by atoms with E-state index in [2.05, 4.69) is 11.2 Å². The lowest BCUT2D eigenvalue weighted by atomic mass is 10.0. The molecule has 1 amide bonds. The van der Waals surface area contributed by atoms with Crippen molar-refractivity contribution in [2.24, 2.45) is 0 Å². The van der Waals surface area contributed by atoms with Gasteiger partial charge in [-0.05, 0) is 23.9 Å². The number of benzene rings is 1. The predicted octanol–water partition coefficient (Wildman–Crippen LogP) is 3.09. The monoisotopic (exact) mass is 255 g/mol. The number of terminal acetylenes is 1. The third kappa shape index (κ3) is 2.61. The van der Waals surface area contributed by atoms with Gasteiger partial charge in [-0.15, -0.1) is 17.8 Å². The van der Waals surface area contributed by atoms with E-state index >= 15 is 0 Å². The maximum Gasteiger partial charge on any atom is 0.262 e. The van der Waals surface area contributed by atoms with Crippen LogP contribution in [0.4, 0.5) is 0 Å². The van der Waals surface area contributed by atoms with E-state index in [0.29, 0.717) is 4.88 Å². The first-order valence-electron chi connectivity index (χ1n) is 5.58. The molecular formula is C15H13NOS. The maximum atomic E-state index is 11.9. The third-order valence-corrected chi connectivity index (χ3v) is 3.50. The van der Waals surface area contributed by atoms with E-state index in [4.69, 9.17) is 6.42 Å². The van der Waals surface area contributed by atoms with Gasteiger partial charge >= 0.3 is 0 Å². The van der Waals surface area contributed by atoms with E-state index in [1.54, 1.807) is 0 Å². The fourth-order valence-electron chi connectivity index (χ4n) is 1.66. The van der Waals surface area contributed by atoms with Crippen LogP contribution in [0.25, 0.3) is 11.1 Å². The number of carbonyl (C=O) groups excluding carboxylic acids is 1. The van der Waals surface area contributed by atoms with Gasteiger partial charge in [0, 0.05) is 5.56 Å². The van der Waals surface area contributed by atoms with Crippen LogP contribution in [0, 0.1) is 19.3 Å². The van der Waals surface area contributed by atoms with E-state index in [1.165, 1.54) is 16.9 Å². The number of amides is 1. The number of nitrogens with one attached hydrogen (secondary N) is 1. The van der Waals surface area contributed by atoms with Gasteiger partial charge in [0.1, 0.15) is 0 Å². The first kappa shape index (κ1) is 12.4. The Morgan fingerprint density at radius 2 is 2.06 bits per heavy atom. The highest BCUT2D eigenvalue weighted by atomic mass is 32.1. The van der Waals surface area contributed by atoms with Crippen molar-refractivity contribution >= 4 is 17.2 Å². The number of carbonyl (C=O) groups is 1. The van der Waals surface area contributed by atoms with Crippen molar-refractivity contribution < 1.29 is 4.79 Å². The molecule has 0 spiro atoms. The molecule has 0 radical (unpaired) electrons. The van der Waals surface area contributed by atoms with E-state index in [1.807, 2.05) is 42.6 Å². The van der Waals surface area contributed by atoms with Gasteiger partial charge < -0.3 is 5.32 Å². The highest BCUT2D eigenvalue weighted by molar-refractivity contribution is 7.12. The summed E-state index contributed by atoms with van der Waals surface area (Å²) in [6.45, 7) is 2.29. The van der Waals surface area contributed by atoms with E-state index < -0.39 is 0 Å². The quantitative estimate of drug-likeness (QED) is 0.839. The molecule has 0 bridgehead atoms. The van der Waals surface area contributed by atoms with Crippen molar-refractivity contribution in [3.05, 3.63) is 46.2 Å². The van der Waals surface area contributed by atoms with Crippen LogP contribution in [-0.4, -0.2) is 12.5 Å². The number of rotatable bonds is 3. The Hall–Kier alpha value is -2.05. The summed E-state index contributed by atoms with van der Waals surface area (Å²) in [6.07, 6.45) is 5.13. The molecule has 0 aliphatic heterocycles. The molecule has 1 aromatic carbocycles. The molecule has 90 valence electrons. The Bertz CT molecular complexity index is 590. The van der Waals surface area contributed by atoms with Crippen LogP contribution in [0.1, 0.15) is 15.2 Å². The van der Waals surface area contributed by atoms with E-state index in [0.717, 1.165) is 11.1 Å². The van der Waals surface area contributed by atoms with Crippen molar-refractivity contribution in [1.82, 2.24) is 5.32 Å². The summed E-state index contributed by atoms with van der Waals surface area (Å²) in [5, 5.41) is 4.61. The highest BCUT2D eigenvalue weighted by Gasteiger charge is 2.13. The Balaban J connectivity index is 2.30. The average Bonchev–Trinajstić information content (AvgIpc) is 2.86. The SMILES string of the molecule is C#CCNC(=O)c1sccc1-c1ccc(C)cc1. The van der Waals surface area contributed by atoms with Crippen molar-refractivity contribution in [1.29, 1.82) is 0 Å². The van der Waals surface area contributed by atoms with E-state index in [9.17, 15) is 4.79 Å². The van der Waals surface area contributed by atoms with Crippen LogP contribution in [0.15, 0.2) is 35.7 Å². The lowest BCUT2D eigenvalue weighted by Crippen LogP contribution is -2.22. The Labute approximate surface area is 111 Å². The van der Waals surface area contributed by atoms with E-state index in [-0.39, 0.29) is 12.5 Å². The van der Waals surface area contributed by atoms with Gasteiger partial charge in [0.2, 0.25) is 0 Å². The lowest BCUT2D eigenvalue weighted by Gasteiger charge is -2.04. The third-order valence-electron chi connectivity index (χ3n) is 2.59. The molecule has 0 saturated heterocycles.